The van der Waals surface area contributed by atoms with E-state index in [0.717, 1.165) is 28.6 Å². The van der Waals surface area contributed by atoms with E-state index in [9.17, 15) is 21.2 Å². The van der Waals surface area contributed by atoms with Crippen LogP contribution in [0.4, 0.5) is 4.39 Å². The molecule has 1 aliphatic heterocycles. The molecule has 10 heteroatoms. The molecule has 1 aliphatic rings. The van der Waals surface area contributed by atoms with Gasteiger partial charge in [0.1, 0.15) is 10.7 Å². The Bertz CT molecular complexity index is 998. The van der Waals surface area contributed by atoms with Crippen molar-refractivity contribution in [2.45, 2.75) is 15.0 Å². The van der Waals surface area contributed by atoms with E-state index in [0.29, 0.717) is 0 Å². The zero-order valence-corrected chi connectivity index (χ0v) is 15.7. The number of sulfonamides is 1. The van der Waals surface area contributed by atoms with E-state index < -0.39 is 30.9 Å². The van der Waals surface area contributed by atoms with Gasteiger partial charge in [0.15, 0.2) is 9.84 Å². The minimum absolute atomic E-state index is 0.0302. The van der Waals surface area contributed by atoms with Crippen molar-refractivity contribution in [3.63, 3.8) is 0 Å². The van der Waals surface area contributed by atoms with E-state index in [4.69, 9.17) is 23.2 Å². The number of rotatable bonds is 4. The normalized spacial score (nSPS) is 16.6. The minimum Gasteiger partial charge on any atom is -0.223 e. The van der Waals surface area contributed by atoms with Gasteiger partial charge in [-0.25, -0.2) is 21.2 Å². The molecule has 25 heavy (non-hydrogen) atoms. The average molecular weight is 424 g/mol. The van der Waals surface area contributed by atoms with E-state index in [1.807, 2.05) is 0 Å². The highest BCUT2D eigenvalue weighted by molar-refractivity contribution is 7.92. The fraction of sp³-hybridized carbons (Fsp3) is 0.200. The van der Waals surface area contributed by atoms with Crippen LogP contribution in [-0.4, -0.2) is 39.5 Å². The SMILES string of the molecule is O=S(=O)(c1ccc(F)cc1)C1CN(S(=O)(=O)c2c(Cl)cccc2Cl)C1. The van der Waals surface area contributed by atoms with Gasteiger partial charge in [-0.3, -0.25) is 0 Å². The smallest absolute Gasteiger partial charge is 0.223 e. The maximum absolute atomic E-state index is 12.9. The second-order valence-electron chi connectivity index (χ2n) is 5.49. The Kier molecular flexibility index (Phi) is 4.85. The largest absolute Gasteiger partial charge is 0.246 e. The maximum Gasteiger partial charge on any atom is 0.246 e. The first-order valence-electron chi connectivity index (χ1n) is 7.07. The summed E-state index contributed by atoms with van der Waals surface area (Å²) in [6.45, 7) is -0.437. The molecule has 0 N–H and O–H groups in total. The van der Waals surface area contributed by atoms with Crippen LogP contribution in [0.25, 0.3) is 0 Å². The van der Waals surface area contributed by atoms with Crippen molar-refractivity contribution in [3.8, 4) is 0 Å². The monoisotopic (exact) mass is 423 g/mol. The lowest BCUT2D eigenvalue weighted by molar-refractivity contribution is 0.309. The first-order valence-corrected chi connectivity index (χ1v) is 10.8. The minimum atomic E-state index is -4.00. The van der Waals surface area contributed by atoms with Crippen LogP contribution >= 0.6 is 23.2 Å². The van der Waals surface area contributed by atoms with Gasteiger partial charge in [0.2, 0.25) is 10.0 Å². The van der Waals surface area contributed by atoms with Crippen molar-refractivity contribution in [1.82, 2.24) is 4.31 Å². The fourth-order valence-electron chi connectivity index (χ4n) is 2.47. The number of hydrogen-bond donors (Lipinski definition) is 0. The molecule has 0 bridgehead atoms. The summed E-state index contributed by atoms with van der Waals surface area (Å²) in [6.07, 6.45) is 0. The lowest BCUT2D eigenvalue weighted by Crippen LogP contribution is -2.56. The first kappa shape index (κ1) is 18.6. The molecule has 0 amide bonds. The highest BCUT2D eigenvalue weighted by Crippen LogP contribution is 2.35. The average Bonchev–Trinajstić information content (AvgIpc) is 2.44. The third kappa shape index (κ3) is 3.29. The van der Waals surface area contributed by atoms with Crippen LogP contribution in [-0.2, 0) is 19.9 Å². The predicted octanol–water partition coefficient (Wildman–Crippen LogP) is 2.98. The summed E-state index contributed by atoms with van der Waals surface area (Å²) in [6, 6.07) is 8.72. The molecule has 5 nitrogen and oxygen atoms in total. The topological polar surface area (TPSA) is 71.5 Å². The molecule has 2 aromatic carbocycles. The summed E-state index contributed by atoms with van der Waals surface area (Å²) >= 11 is 11.9. The lowest BCUT2D eigenvalue weighted by Gasteiger charge is -2.37. The van der Waals surface area contributed by atoms with Crippen molar-refractivity contribution in [2.75, 3.05) is 13.1 Å². The molecule has 0 spiro atoms. The lowest BCUT2D eigenvalue weighted by atomic mass is 10.3. The number of sulfone groups is 1. The van der Waals surface area contributed by atoms with E-state index in [-0.39, 0.29) is 32.9 Å². The standard InChI is InChI=1S/C15H12Cl2FNO4S2/c16-13-2-1-3-14(17)15(13)25(22,23)19-8-12(9-19)24(20,21)11-6-4-10(18)5-7-11/h1-7,12H,8-9H2. The van der Waals surface area contributed by atoms with Crippen LogP contribution < -0.4 is 0 Å². The quantitative estimate of drug-likeness (QED) is 0.708. The third-order valence-electron chi connectivity index (χ3n) is 3.91. The van der Waals surface area contributed by atoms with Crippen LogP contribution in [0.3, 0.4) is 0 Å². The van der Waals surface area contributed by atoms with Crippen molar-refractivity contribution >= 4 is 43.1 Å². The van der Waals surface area contributed by atoms with Crippen LogP contribution in [0.15, 0.2) is 52.3 Å². The Hall–Kier alpha value is -1.19. The Morgan fingerprint density at radius 3 is 1.96 bits per heavy atom. The van der Waals surface area contributed by atoms with Gasteiger partial charge in [-0.1, -0.05) is 29.3 Å². The van der Waals surface area contributed by atoms with Crippen molar-refractivity contribution in [3.05, 3.63) is 58.3 Å². The van der Waals surface area contributed by atoms with E-state index >= 15 is 0 Å². The van der Waals surface area contributed by atoms with Crippen LogP contribution in [0.2, 0.25) is 10.0 Å². The molecule has 0 atom stereocenters. The first-order chi connectivity index (χ1) is 11.6. The van der Waals surface area contributed by atoms with Gasteiger partial charge in [0.25, 0.3) is 0 Å². The summed E-state index contributed by atoms with van der Waals surface area (Å²) in [5.41, 5.74) is 0. The number of nitrogens with zero attached hydrogens (tertiary/aromatic N) is 1. The number of hydrogen-bond acceptors (Lipinski definition) is 4. The highest BCUT2D eigenvalue weighted by Gasteiger charge is 2.45. The zero-order chi connectivity index (χ0) is 18.4. The molecule has 0 saturated carbocycles. The highest BCUT2D eigenvalue weighted by atomic mass is 35.5. The molecule has 134 valence electrons. The summed E-state index contributed by atoms with van der Waals surface area (Å²) in [7, 11) is -7.75. The molecule has 2 aromatic rings. The van der Waals surface area contributed by atoms with Gasteiger partial charge >= 0.3 is 0 Å². The van der Waals surface area contributed by atoms with Crippen LogP contribution in [0, 0.1) is 5.82 Å². The molecule has 3 rings (SSSR count). The van der Waals surface area contributed by atoms with Gasteiger partial charge in [0, 0.05) is 13.1 Å². The predicted molar refractivity (Wildman–Crippen MR) is 92.6 cm³/mol. The Morgan fingerprint density at radius 1 is 0.920 bits per heavy atom. The molecule has 0 aromatic heterocycles. The number of benzene rings is 2. The van der Waals surface area contributed by atoms with Gasteiger partial charge in [-0.2, -0.15) is 4.31 Å². The van der Waals surface area contributed by atoms with E-state index in [1.165, 1.54) is 18.2 Å². The van der Waals surface area contributed by atoms with Crippen LogP contribution in [0.1, 0.15) is 0 Å². The van der Waals surface area contributed by atoms with E-state index in [1.54, 1.807) is 0 Å². The second-order valence-corrected chi connectivity index (χ2v) is 10.4. The second kappa shape index (κ2) is 6.51. The summed E-state index contributed by atoms with van der Waals surface area (Å²) in [5.74, 6) is -0.551. The Morgan fingerprint density at radius 2 is 1.44 bits per heavy atom. The van der Waals surface area contributed by atoms with Crippen molar-refractivity contribution in [2.24, 2.45) is 0 Å². The zero-order valence-electron chi connectivity index (χ0n) is 12.6. The fourth-order valence-corrected chi connectivity index (χ4v) is 6.93. The molecule has 0 radical (unpaired) electrons. The molecule has 1 heterocycles. The molecular weight excluding hydrogens is 412 g/mol. The number of halogens is 3. The summed E-state index contributed by atoms with van der Waals surface area (Å²) in [4.78, 5) is -0.289. The van der Waals surface area contributed by atoms with Gasteiger partial charge in [-0.05, 0) is 36.4 Å². The van der Waals surface area contributed by atoms with Crippen molar-refractivity contribution in [1.29, 1.82) is 0 Å². The van der Waals surface area contributed by atoms with Gasteiger partial charge in [0.05, 0.1) is 20.2 Å². The molecule has 1 saturated heterocycles. The Balaban J connectivity index is 1.83. The van der Waals surface area contributed by atoms with Gasteiger partial charge in [-0.15, -0.1) is 0 Å². The maximum atomic E-state index is 12.9. The molecular formula is C15H12Cl2FNO4S2. The summed E-state index contributed by atoms with van der Waals surface area (Å²) in [5, 5.41) is -0.969. The molecule has 0 aliphatic carbocycles. The third-order valence-corrected chi connectivity index (χ3v) is 8.81. The molecule has 0 unspecified atom stereocenters. The molecule has 1 fully saturated rings. The Labute approximate surface area is 154 Å². The van der Waals surface area contributed by atoms with Gasteiger partial charge < -0.3 is 0 Å². The van der Waals surface area contributed by atoms with Crippen molar-refractivity contribution < 1.29 is 21.2 Å². The summed E-state index contributed by atoms with van der Waals surface area (Å²) < 4.78 is 64.1. The van der Waals surface area contributed by atoms with Crippen LogP contribution in [0.5, 0.6) is 0 Å². The van der Waals surface area contributed by atoms with E-state index in [2.05, 4.69) is 0 Å².